The number of carbonyl (C=O) groups excluding carboxylic acids is 1. The van der Waals surface area contributed by atoms with Crippen molar-refractivity contribution in [3.8, 4) is 0 Å². The molecular weight excluding hydrogens is 222 g/mol. The fourth-order valence-electron chi connectivity index (χ4n) is 1.77. The largest absolute Gasteiger partial charge is 0.351 e. The van der Waals surface area contributed by atoms with Gasteiger partial charge in [0, 0.05) is 30.4 Å². The summed E-state index contributed by atoms with van der Waals surface area (Å²) in [6.07, 6.45) is 4.15. The van der Waals surface area contributed by atoms with E-state index >= 15 is 0 Å². The monoisotopic (exact) mass is 245 g/mol. The van der Waals surface area contributed by atoms with Crippen LogP contribution in [-0.4, -0.2) is 47.6 Å². The highest BCUT2D eigenvalue weighted by atomic mass is 32.2. The summed E-state index contributed by atoms with van der Waals surface area (Å²) in [5.41, 5.74) is 5.24. The van der Waals surface area contributed by atoms with Gasteiger partial charge in [0.2, 0.25) is 0 Å². The van der Waals surface area contributed by atoms with Crippen LogP contribution in [0.15, 0.2) is 0 Å². The maximum absolute atomic E-state index is 10.9. The summed E-state index contributed by atoms with van der Waals surface area (Å²) in [5, 5.41) is 3.57. The number of carbonyl (C=O) groups is 1. The minimum atomic E-state index is -0.289. The second-order valence-corrected chi connectivity index (χ2v) is 6.46. The lowest BCUT2D eigenvalue weighted by molar-refractivity contribution is 0.185. The standard InChI is InChI=1S/C11H23N3OS/c1-11(2,16-3)8-13-9-4-6-14(7-5-9)10(12)15/h9,13H,4-8H2,1-3H3,(H2,12,15). The van der Waals surface area contributed by atoms with Crippen LogP contribution in [-0.2, 0) is 0 Å². The predicted octanol–water partition coefficient (Wildman–Crippen LogP) is 1.26. The second kappa shape index (κ2) is 5.77. The number of rotatable bonds is 4. The van der Waals surface area contributed by atoms with Crippen molar-refractivity contribution < 1.29 is 4.79 Å². The number of amides is 2. The van der Waals surface area contributed by atoms with Crippen molar-refractivity contribution in [2.75, 3.05) is 25.9 Å². The molecule has 1 fully saturated rings. The molecule has 1 rings (SSSR count). The third-order valence-electron chi connectivity index (χ3n) is 3.18. The highest BCUT2D eigenvalue weighted by molar-refractivity contribution is 7.99. The molecule has 0 aromatic heterocycles. The van der Waals surface area contributed by atoms with Gasteiger partial charge in [-0.3, -0.25) is 0 Å². The lowest BCUT2D eigenvalue weighted by Gasteiger charge is -2.33. The molecule has 94 valence electrons. The smallest absolute Gasteiger partial charge is 0.314 e. The summed E-state index contributed by atoms with van der Waals surface area (Å²) in [6.45, 7) is 7.06. The van der Waals surface area contributed by atoms with Crippen molar-refractivity contribution in [1.29, 1.82) is 0 Å². The topological polar surface area (TPSA) is 58.4 Å². The number of piperidine rings is 1. The summed E-state index contributed by atoms with van der Waals surface area (Å²) in [6, 6.07) is 0.241. The molecular formula is C11H23N3OS. The Kier molecular flexibility index (Phi) is 4.92. The normalized spacial score (nSPS) is 18.8. The first-order valence-electron chi connectivity index (χ1n) is 5.77. The number of hydrogen-bond acceptors (Lipinski definition) is 3. The van der Waals surface area contributed by atoms with E-state index in [1.807, 2.05) is 11.8 Å². The van der Waals surface area contributed by atoms with Crippen LogP contribution in [0.3, 0.4) is 0 Å². The third kappa shape index (κ3) is 4.22. The molecule has 0 saturated carbocycles. The number of nitrogens with zero attached hydrogens (tertiary/aromatic N) is 1. The molecule has 4 nitrogen and oxygen atoms in total. The van der Waals surface area contributed by atoms with Crippen LogP contribution in [0.25, 0.3) is 0 Å². The first-order valence-corrected chi connectivity index (χ1v) is 7.00. The van der Waals surface area contributed by atoms with Gasteiger partial charge in [-0.25, -0.2) is 4.79 Å². The number of likely N-dealkylation sites (tertiary alicyclic amines) is 1. The molecule has 0 unspecified atom stereocenters. The van der Waals surface area contributed by atoms with Crippen molar-refractivity contribution in [3.63, 3.8) is 0 Å². The number of thioether (sulfide) groups is 1. The number of nitrogens with two attached hydrogens (primary N) is 1. The molecule has 0 bridgehead atoms. The lowest BCUT2D eigenvalue weighted by Crippen LogP contribution is -2.48. The lowest BCUT2D eigenvalue weighted by atomic mass is 10.0. The van der Waals surface area contributed by atoms with E-state index in [-0.39, 0.29) is 10.8 Å². The quantitative estimate of drug-likeness (QED) is 0.784. The molecule has 1 saturated heterocycles. The Morgan fingerprint density at radius 3 is 2.50 bits per heavy atom. The van der Waals surface area contributed by atoms with Crippen LogP contribution in [0.1, 0.15) is 26.7 Å². The minimum Gasteiger partial charge on any atom is -0.351 e. The molecule has 0 spiro atoms. The molecule has 0 aromatic rings. The summed E-state index contributed by atoms with van der Waals surface area (Å²) in [5.74, 6) is 0. The number of nitrogens with one attached hydrogen (secondary N) is 1. The molecule has 3 N–H and O–H groups in total. The van der Waals surface area contributed by atoms with Crippen molar-refractivity contribution in [3.05, 3.63) is 0 Å². The number of primary amides is 1. The van der Waals surface area contributed by atoms with Gasteiger partial charge < -0.3 is 16.0 Å². The maximum Gasteiger partial charge on any atom is 0.314 e. The van der Waals surface area contributed by atoms with Gasteiger partial charge in [0.1, 0.15) is 0 Å². The molecule has 1 aliphatic rings. The van der Waals surface area contributed by atoms with E-state index in [0.717, 1.165) is 32.5 Å². The average molecular weight is 245 g/mol. The van der Waals surface area contributed by atoms with Crippen LogP contribution in [0.4, 0.5) is 4.79 Å². The number of urea groups is 1. The fraction of sp³-hybridized carbons (Fsp3) is 0.909. The Bertz CT molecular complexity index is 237. The first kappa shape index (κ1) is 13.6. The van der Waals surface area contributed by atoms with E-state index in [1.54, 1.807) is 4.90 Å². The highest BCUT2D eigenvalue weighted by Crippen LogP contribution is 2.20. The zero-order valence-corrected chi connectivity index (χ0v) is 11.3. The zero-order valence-electron chi connectivity index (χ0n) is 10.5. The molecule has 16 heavy (non-hydrogen) atoms. The maximum atomic E-state index is 10.9. The minimum absolute atomic E-state index is 0.279. The van der Waals surface area contributed by atoms with E-state index in [1.165, 1.54) is 0 Å². The SMILES string of the molecule is CSC(C)(C)CNC1CCN(C(N)=O)CC1. The Balaban J connectivity index is 2.25. The average Bonchev–Trinajstić information content (AvgIpc) is 2.27. The number of hydrogen-bond donors (Lipinski definition) is 2. The third-order valence-corrected chi connectivity index (χ3v) is 4.43. The Morgan fingerprint density at radius 2 is 2.06 bits per heavy atom. The molecule has 0 aromatic carbocycles. The summed E-state index contributed by atoms with van der Waals surface area (Å²) < 4.78 is 0.279. The Labute approximate surface area is 102 Å². The van der Waals surface area contributed by atoms with E-state index in [9.17, 15) is 4.79 Å². The van der Waals surface area contributed by atoms with Crippen molar-refractivity contribution in [2.24, 2.45) is 5.73 Å². The molecule has 5 heteroatoms. The van der Waals surface area contributed by atoms with Crippen LogP contribution in [0, 0.1) is 0 Å². The summed E-state index contributed by atoms with van der Waals surface area (Å²) >= 11 is 1.87. The van der Waals surface area contributed by atoms with E-state index in [4.69, 9.17) is 5.73 Å². The van der Waals surface area contributed by atoms with E-state index < -0.39 is 0 Å². The second-order valence-electron chi connectivity index (χ2n) is 4.94. The van der Waals surface area contributed by atoms with Gasteiger partial charge in [0.25, 0.3) is 0 Å². The predicted molar refractivity (Wildman–Crippen MR) is 69.8 cm³/mol. The highest BCUT2D eigenvalue weighted by Gasteiger charge is 2.23. The van der Waals surface area contributed by atoms with Gasteiger partial charge in [0.15, 0.2) is 0 Å². The van der Waals surface area contributed by atoms with Crippen molar-refractivity contribution >= 4 is 17.8 Å². The molecule has 1 aliphatic heterocycles. The molecule has 0 aliphatic carbocycles. The van der Waals surface area contributed by atoms with E-state index in [0.29, 0.717) is 6.04 Å². The summed E-state index contributed by atoms with van der Waals surface area (Å²) in [4.78, 5) is 12.7. The first-order chi connectivity index (χ1) is 7.44. The fourth-order valence-corrected chi connectivity index (χ4v) is 1.99. The van der Waals surface area contributed by atoms with Crippen LogP contribution in [0.2, 0.25) is 0 Å². The van der Waals surface area contributed by atoms with Gasteiger partial charge in [0.05, 0.1) is 0 Å². The molecule has 0 radical (unpaired) electrons. The van der Waals surface area contributed by atoms with E-state index in [2.05, 4.69) is 25.4 Å². The van der Waals surface area contributed by atoms with Gasteiger partial charge in [-0.15, -0.1) is 0 Å². The zero-order chi connectivity index (χ0) is 12.2. The van der Waals surface area contributed by atoms with Crippen LogP contribution >= 0.6 is 11.8 Å². The molecule has 0 atom stereocenters. The van der Waals surface area contributed by atoms with Crippen LogP contribution in [0.5, 0.6) is 0 Å². The Morgan fingerprint density at radius 1 is 1.50 bits per heavy atom. The molecule has 1 heterocycles. The van der Waals surface area contributed by atoms with Gasteiger partial charge in [-0.05, 0) is 32.9 Å². The molecule has 2 amide bonds. The van der Waals surface area contributed by atoms with Gasteiger partial charge in [-0.1, -0.05) is 0 Å². The summed E-state index contributed by atoms with van der Waals surface area (Å²) in [7, 11) is 0. The van der Waals surface area contributed by atoms with Gasteiger partial charge in [-0.2, -0.15) is 11.8 Å². The van der Waals surface area contributed by atoms with Crippen molar-refractivity contribution in [1.82, 2.24) is 10.2 Å². The van der Waals surface area contributed by atoms with Gasteiger partial charge >= 0.3 is 6.03 Å². The van der Waals surface area contributed by atoms with Crippen LogP contribution < -0.4 is 11.1 Å². The Hall–Kier alpha value is -0.420. The van der Waals surface area contributed by atoms with Crippen molar-refractivity contribution in [2.45, 2.75) is 37.5 Å².